The first-order chi connectivity index (χ1) is 14.9. The largest absolute Gasteiger partial charge is 0.497 e. The first-order valence-corrected chi connectivity index (χ1v) is 11.9. The highest BCUT2D eigenvalue weighted by molar-refractivity contribution is 7.99. The molecule has 0 saturated carbocycles. The Kier molecular flexibility index (Phi) is 10.4. The van der Waals surface area contributed by atoms with Crippen LogP contribution in [0.25, 0.3) is 0 Å². The molecule has 0 aliphatic carbocycles. The molecule has 2 rings (SSSR count). The van der Waals surface area contributed by atoms with Crippen molar-refractivity contribution in [3.05, 3.63) is 65.2 Å². The molecule has 6 heteroatoms. The number of nitrogens with zero attached hydrogens (tertiary/aromatic N) is 1. The Hall–Kier alpha value is -2.47. The Morgan fingerprint density at radius 1 is 1.13 bits per heavy atom. The van der Waals surface area contributed by atoms with Gasteiger partial charge >= 0.3 is 0 Å². The van der Waals surface area contributed by atoms with Gasteiger partial charge in [-0.15, -0.1) is 11.8 Å². The van der Waals surface area contributed by atoms with E-state index in [0.29, 0.717) is 18.8 Å². The molecule has 2 aromatic carbocycles. The highest BCUT2D eigenvalue weighted by Crippen LogP contribution is 2.19. The summed E-state index contributed by atoms with van der Waals surface area (Å²) in [6, 6.07) is 15.4. The third kappa shape index (κ3) is 8.29. The second-order valence-corrected chi connectivity index (χ2v) is 8.66. The molecule has 2 aromatic rings. The molecular weight excluding hydrogens is 408 g/mol. The minimum Gasteiger partial charge on any atom is -0.497 e. The fourth-order valence-corrected chi connectivity index (χ4v) is 3.98. The Labute approximate surface area is 190 Å². The van der Waals surface area contributed by atoms with Gasteiger partial charge < -0.3 is 15.0 Å². The summed E-state index contributed by atoms with van der Waals surface area (Å²) in [5, 5.41) is 2.95. The molecule has 1 N–H and O–H groups in total. The predicted octanol–water partition coefficient (Wildman–Crippen LogP) is 4.57. The third-order valence-corrected chi connectivity index (χ3v) is 6.09. The van der Waals surface area contributed by atoms with E-state index in [4.69, 9.17) is 4.74 Å². The lowest BCUT2D eigenvalue weighted by molar-refractivity contribution is -0.138. The van der Waals surface area contributed by atoms with E-state index in [1.807, 2.05) is 24.3 Å². The van der Waals surface area contributed by atoms with E-state index >= 15 is 0 Å². The number of thioether (sulfide) groups is 1. The maximum atomic E-state index is 13.1. The molecule has 168 valence electrons. The van der Waals surface area contributed by atoms with Crippen LogP contribution in [0.15, 0.2) is 48.5 Å². The molecule has 1 atom stereocenters. The van der Waals surface area contributed by atoms with Crippen LogP contribution in [0.1, 0.15) is 43.4 Å². The van der Waals surface area contributed by atoms with Crippen molar-refractivity contribution < 1.29 is 14.3 Å². The van der Waals surface area contributed by atoms with Crippen LogP contribution in [0, 0.1) is 6.92 Å². The second kappa shape index (κ2) is 13.1. The maximum Gasteiger partial charge on any atom is 0.242 e. The van der Waals surface area contributed by atoms with E-state index in [-0.39, 0.29) is 11.8 Å². The smallest absolute Gasteiger partial charge is 0.242 e. The summed E-state index contributed by atoms with van der Waals surface area (Å²) in [6.45, 7) is 6.93. The van der Waals surface area contributed by atoms with Crippen LogP contribution < -0.4 is 10.1 Å². The van der Waals surface area contributed by atoms with Crippen molar-refractivity contribution in [1.29, 1.82) is 0 Å². The van der Waals surface area contributed by atoms with Crippen molar-refractivity contribution in [2.24, 2.45) is 0 Å². The number of carbonyl (C=O) groups excluding carboxylic acids is 2. The Balaban J connectivity index is 2.06. The number of methoxy groups -OCH3 is 1. The first-order valence-electron chi connectivity index (χ1n) is 10.8. The number of hydrogen-bond acceptors (Lipinski definition) is 4. The fraction of sp³-hybridized carbons (Fsp3) is 0.440. The molecular formula is C25H34N2O3S. The second-order valence-electron chi connectivity index (χ2n) is 7.67. The van der Waals surface area contributed by atoms with Crippen LogP contribution in [0.3, 0.4) is 0 Å². The molecule has 0 bridgehead atoms. The van der Waals surface area contributed by atoms with Gasteiger partial charge in [-0.1, -0.05) is 55.3 Å². The van der Waals surface area contributed by atoms with Gasteiger partial charge in [-0.2, -0.15) is 0 Å². The molecule has 0 fully saturated rings. The van der Waals surface area contributed by atoms with Crippen LogP contribution in [-0.2, 0) is 21.9 Å². The Bertz CT molecular complexity index is 839. The zero-order chi connectivity index (χ0) is 22.6. The molecule has 0 aliphatic heterocycles. The summed E-state index contributed by atoms with van der Waals surface area (Å²) in [5.41, 5.74) is 3.34. The molecule has 0 heterocycles. The molecule has 0 aromatic heterocycles. The van der Waals surface area contributed by atoms with Crippen LogP contribution in [0.2, 0.25) is 0 Å². The van der Waals surface area contributed by atoms with Crippen LogP contribution >= 0.6 is 11.8 Å². The normalized spacial score (nSPS) is 11.6. The lowest BCUT2D eigenvalue weighted by Crippen LogP contribution is -2.48. The van der Waals surface area contributed by atoms with E-state index in [1.54, 1.807) is 30.7 Å². The van der Waals surface area contributed by atoms with E-state index in [1.165, 1.54) is 11.1 Å². The zero-order valence-corrected chi connectivity index (χ0v) is 19.8. The van der Waals surface area contributed by atoms with Gasteiger partial charge in [0.2, 0.25) is 11.8 Å². The van der Waals surface area contributed by atoms with E-state index in [9.17, 15) is 9.59 Å². The van der Waals surface area contributed by atoms with Crippen LogP contribution in [-0.4, -0.2) is 42.2 Å². The van der Waals surface area contributed by atoms with Gasteiger partial charge in [0.1, 0.15) is 11.8 Å². The number of unbranched alkanes of at least 4 members (excludes halogenated alkanes) is 1. The van der Waals surface area contributed by atoms with E-state index < -0.39 is 6.04 Å². The minimum absolute atomic E-state index is 0.0435. The number of nitrogens with one attached hydrogen (secondary N) is 1. The van der Waals surface area contributed by atoms with Gasteiger partial charge in [-0.3, -0.25) is 9.59 Å². The number of hydrogen-bond donors (Lipinski definition) is 1. The molecule has 0 saturated heterocycles. The standard InChI is InChI=1S/C25H34N2O3S/c1-5-6-14-26-25(29)20(3)27(16-22-8-7-9-23(15-22)30-4)24(28)18-31-17-21-12-10-19(2)11-13-21/h7-13,15,20H,5-6,14,16-18H2,1-4H3,(H,26,29)/t20-/m1/s1. The molecule has 5 nitrogen and oxygen atoms in total. The number of benzene rings is 2. The molecule has 0 unspecified atom stereocenters. The molecule has 0 aliphatic rings. The van der Waals surface area contributed by atoms with Crippen molar-refractivity contribution in [2.75, 3.05) is 19.4 Å². The van der Waals surface area contributed by atoms with Gasteiger partial charge in [0.15, 0.2) is 0 Å². The number of rotatable bonds is 12. The number of carbonyl (C=O) groups is 2. The molecule has 0 spiro atoms. The average Bonchev–Trinajstić information content (AvgIpc) is 2.78. The van der Waals surface area contributed by atoms with E-state index in [0.717, 1.165) is 29.9 Å². The summed E-state index contributed by atoms with van der Waals surface area (Å²) in [4.78, 5) is 27.4. The highest BCUT2D eigenvalue weighted by atomic mass is 32.2. The Morgan fingerprint density at radius 3 is 2.55 bits per heavy atom. The third-order valence-electron chi connectivity index (χ3n) is 5.10. The van der Waals surface area contributed by atoms with Crippen molar-refractivity contribution in [2.45, 2.75) is 52.0 Å². The number of amides is 2. The van der Waals surface area contributed by atoms with Gasteiger partial charge in [0.05, 0.1) is 12.9 Å². The maximum absolute atomic E-state index is 13.1. The summed E-state index contributed by atoms with van der Waals surface area (Å²) in [7, 11) is 1.62. The van der Waals surface area contributed by atoms with Crippen molar-refractivity contribution in [3.63, 3.8) is 0 Å². The zero-order valence-electron chi connectivity index (χ0n) is 19.0. The monoisotopic (exact) mass is 442 g/mol. The van der Waals surface area contributed by atoms with Gasteiger partial charge in [-0.25, -0.2) is 0 Å². The van der Waals surface area contributed by atoms with Crippen molar-refractivity contribution in [3.8, 4) is 5.75 Å². The number of aryl methyl sites for hydroxylation is 1. The summed E-state index contributed by atoms with van der Waals surface area (Å²) >= 11 is 1.57. The predicted molar refractivity (Wildman–Crippen MR) is 128 cm³/mol. The van der Waals surface area contributed by atoms with Gasteiger partial charge in [0.25, 0.3) is 0 Å². The van der Waals surface area contributed by atoms with Gasteiger partial charge in [-0.05, 0) is 43.5 Å². The number of ether oxygens (including phenoxy) is 1. The molecule has 2 amide bonds. The molecule has 31 heavy (non-hydrogen) atoms. The van der Waals surface area contributed by atoms with Crippen LogP contribution in [0.5, 0.6) is 5.75 Å². The topological polar surface area (TPSA) is 58.6 Å². The fourth-order valence-electron chi connectivity index (χ4n) is 3.11. The summed E-state index contributed by atoms with van der Waals surface area (Å²) in [5.74, 6) is 1.66. The lowest BCUT2D eigenvalue weighted by Gasteiger charge is -2.29. The quantitative estimate of drug-likeness (QED) is 0.489. The SMILES string of the molecule is CCCCNC(=O)[C@@H](C)N(Cc1cccc(OC)c1)C(=O)CSCc1ccc(C)cc1. The summed E-state index contributed by atoms with van der Waals surface area (Å²) < 4.78 is 5.31. The van der Waals surface area contributed by atoms with Gasteiger partial charge in [0, 0.05) is 18.8 Å². The van der Waals surface area contributed by atoms with Crippen LogP contribution in [0.4, 0.5) is 0 Å². The van der Waals surface area contributed by atoms with E-state index in [2.05, 4.69) is 43.4 Å². The van der Waals surface area contributed by atoms with Crippen molar-refractivity contribution >= 4 is 23.6 Å². The van der Waals surface area contributed by atoms with Crippen molar-refractivity contribution in [1.82, 2.24) is 10.2 Å². The highest BCUT2D eigenvalue weighted by Gasteiger charge is 2.26. The average molecular weight is 443 g/mol. The first kappa shape index (κ1) is 24.8. The minimum atomic E-state index is -0.546. The summed E-state index contributed by atoms with van der Waals surface area (Å²) in [6.07, 6.45) is 1.94. The molecule has 0 radical (unpaired) electrons. The Morgan fingerprint density at radius 2 is 1.87 bits per heavy atom. The lowest BCUT2D eigenvalue weighted by atomic mass is 10.1.